The first-order valence-corrected chi connectivity index (χ1v) is 12.4. The van der Waals surface area contributed by atoms with Gasteiger partial charge in [-0.15, -0.1) is 21.5 Å². The molecule has 10 heteroatoms. The maximum atomic E-state index is 12.7. The zero-order valence-electron chi connectivity index (χ0n) is 19.0. The molecule has 0 unspecified atom stereocenters. The Labute approximate surface area is 205 Å². The second kappa shape index (κ2) is 11.1. The number of rotatable bonds is 10. The number of nitrogens with zero attached hydrogens (tertiary/aromatic N) is 3. The first kappa shape index (κ1) is 23.7. The first-order chi connectivity index (χ1) is 16.6. The molecule has 176 valence electrons. The molecule has 34 heavy (non-hydrogen) atoms. The second-order valence-corrected chi connectivity index (χ2v) is 8.84. The Balaban J connectivity index is 1.53. The molecule has 4 aromatic rings. The molecule has 0 aliphatic rings. The van der Waals surface area contributed by atoms with Crippen molar-refractivity contribution in [3.05, 3.63) is 60.0 Å². The number of ether oxygens (including phenoxy) is 3. The summed E-state index contributed by atoms with van der Waals surface area (Å²) in [5.41, 5.74) is 1.51. The van der Waals surface area contributed by atoms with Crippen LogP contribution in [0.15, 0.2) is 65.1 Å². The van der Waals surface area contributed by atoms with Gasteiger partial charge in [0.15, 0.2) is 22.5 Å². The summed E-state index contributed by atoms with van der Waals surface area (Å²) >= 11 is 2.90. The summed E-state index contributed by atoms with van der Waals surface area (Å²) in [6.07, 6.45) is 0. The van der Waals surface area contributed by atoms with Crippen LogP contribution in [0, 0.1) is 0 Å². The Morgan fingerprint density at radius 2 is 1.85 bits per heavy atom. The lowest BCUT2D eigenvalue weighted by molar-refractivity contribution is -0.113. The summed E-state index contributed by atoms with van der Waals surface area (Å²) in [7, 11) is 3.12. The van der Waals surface area contributed by atoms with E-state index in [0.29, 0.717) is 28.9 Å². The fraction of sp³-hybridized carbons (Fsp3) is 0.208. The number of thioether (sulfide) groups is 1. The molecular weight excluding hydrogens is 472 g/mol. The van der Waals surface area contributed by atoms with E-state index in [4.69, 9.17) is 14.2 Å². The van der Waals surface area contributed by atoms with Crippen molar-refractivity contribution in [3.8, 4) is 33.6 Å². The van der Waals surface area contributed by atoms with E-state index in [1.54, 1.807) is 43.8 Å². The van der Waals surface area contributed by atoms with Crippen molar-refractivity contribution in [1.29, 1.82) is 0 Å². The van der Waals surface area contributed by atoms with Crippen molar-refractivity contribution >= 4 is 34.7 Å². The number of carbonyl (C=O) groups is 1. The molecule has 0 atom stereocenters. The minimum atomic E-state index is -0.170. The van der Waals surface area contributed by atoms with E-state index in [2.05, 4.69) is 15.5 Å². The largest absolute Gasteiger partial charge is 0.494 e. The van der Waals surface area contributed by atoms with Crippen molar-refractivity contribution in [3.63, 3.8) is 0 Å². The van der Waals surface area contributed by atoms with E-state index in [0.717, 1.165) is 22.1 Å². The molecular formula is C24H24N4O4S2. The van der Waals surface area contributed by atoms with E-state index in [-0.39, 0.29) is 11.7 Å². The average Bonchev–Trinajstić information content (AvgIpc) is 3.53. The van der Waals surface area contributed by atoms with Crippen molar-refractivity contribution in [1.82, 2.24) is 14.8 Å². The van der Waals surface area contributed by atoms with Crippen LogP contribution in [0.5, 0.6) is 17.2 Å². The maximum absolute atomic E-state index is 12.7. The lowest BCUT2D eigenvalue weighted by Crippen LogP contribution is -2.14. The van der Waals surface area contributed by atoms with Crippen LogP contribution in [-0.2, 0) is 4.79 Å². The van der Waals surface area contributed by atoms with E-state index < -0.39 is 0 Å². The smallest absolute Gasteiger partial charge is 0.234 e. The molecule has 0 aliphatic heterocycles. The molecule has 0 radical (unpaired) electrons. The van der Waals surface area contributed by atoms with Gasteiger partial charge in [-0.3, -0.25) is 9.36 Å². The van der Waals surface area contributed by atoms with E-state index in [9.17, 15) is 4.79 Å². The predicted molar refractivity (Wildman–Crippen MR) is 135 cm³/mol. The molecule has 1 N–H and O–H groups in total. The summed E-state index contributed by atoms with van der Waals surface area (Å²) < 4.78 is 18.1. The minimum absolute atomic E-state index is 0.161. The zero-order chi connectivity index (χ0) is 23.9. The average molecular weight is 497 g/mol. The van der Waals surface area contributed by atoms with Gasteiger partial charge in [0.1, 0.15) is 5.75 Å². The molecule has 0 aliphatic carbocycles. The van der Waals surface area contributed by atoms with Crippen LogP contribution in [0.4, 0.5) is 5.69 Å². The minimum Gasteiger partial charge on any atom is -0.494 e. The lowest BCUT2D eigenvalue weighted by Gasteiger charge is -2.12. The van der Waals surface area contributed by atoms with E-state index in [1.807, 2.05) is 53.3 Å². The topological polar surface area (TPSA) is 87.5 Å². The summed E-state index contributed by atoms with van der Waals surface area (Å²) in [6, 6.07) is 16.9. The highest BCUT2D eigenvalue weighted by molar-refractivity contribution is 7.99. The number of methoxy groups -OCH3 is 2. The normalized spacial score (nSPS) is 10.7. The quantitative estimate of drug-likeness (QED) is 0.304. The zero-order valence-corrected chi connectivity index (χ0v) is 20.6. The number of thiophene rings is 1. The predicted octanol–water partition coefficient (Wildman–Crippen LogP) is 5.14. The molecule has 0 saturated heterocycles. The van der Waals surface area contributed by atoms with Crippen molar-refractivity contribution < 1.29 is 19.0 Å². The van der Waals surface area contributed by atoms with Gasteiger partial charge in [-0.1, -0.05) is 17.8 Å². The monoisotopic (exact) mass is 496 g/mol. The highest BCUT2D eigenvalue weighted by Gasteiger charge is 2.18. The fourth-order valence-electron chi connectivity index (χ4n) is 3.26. The van der Waals surface area contributed by atoms with Gasteiger partial charge in [0.2, 0.25) is 5.91 Å². The molecule has 1 amide bonds. The lowest BCUT2D eigenvalue weighted by atomic mass is 10.2. The molecule has 8 nitrogen and oxygen atoms in total. The van der Waals surface area contributed by atoms with Crippen LogP contribution in [0.2, 0.25) is 0 Å². The van der Waals surface area contributed by atoms with Crippen LogP contribution in [-0.4, -0.2) is 47.3 Å². The fourth-order valence-corrected chi connectivity index (χ4v) is 4.71. The molecule has 0 spiro atoms. The second-order valence-electron chi connectivity index (χ2n) is 6.95. The van der Waals surface area contributed by atoms with E-state index in [1.165, 1.54) is 11.8 Å². The number of anilines is 1. The highest BCUT2D eigenvalue weighted by atomic mass is 32.2. The number of nitrogens with one attached hydrogen (secondary N) is 1. The summed E-state index contributed by atoms with van der Waals surface area (Å²) in [6.45, 7) is 2.55. The molecule has 2 aromatic carbocycles. The molecule has 2 heterocycles. The summed E-state index contributed by atoms with van der Waals surface area (Å²) in [4.78, 5) is 13.7. The van der Waals surface area contributed by atoms with Crippen molar-refractivity contribution in [2.45, 2.75) is 12.1 Å². The number of hydrogen-bond acceptors (Lipinski definition) is 8. The van der Waals surface area contributed by atoms with Crippen LogP contribution >= 0.6 is 23.1 Å². The number of carbonyl (C=O) groups excluding carboxylic acids is 1. The van der Waals surface area contributed by atoms with Gasteiger partial charge in [0.05, 0.1) is 37.1 Å². The Morgan fingerprint density at radius 1 is 1.06 bits per heavy atom. The third kappa shape index (κ3) is 5.35. The van der Waals surface area contributed by atoms with E-state index >= 15 is 0 Å². The Kier molecular flexibility index (Phi) is 7.71. The Bertz CT molecular complexity index is 1240. The first-order valence-electron chi connectivity index (χ1n) is 10.5. The van der Waals surface area contributed by atoms with Gasteiger partial charge in [-0.2, -0.15) is 0 Å². The van der Waals surface area contributed by atoms with Gasteiger partial charge in [-0.25, -0.2) is 0 Å². The third-order valence-corrected chi connectivity index (χ3v) is 6.58. The number of aromatic nitrogens is 3. The molecule has 0 bridgehead atoms. The Hall–Kier alpha value is -3.50. The number of hydrogen-bond donors (Lipinski definition) is 1. The summed E-state index contributed by atoms with van der Waals surface area (Å²) in [5, 5.41) is 14.3. The van der Waals surface area contributed by atoms with Crippen LogP contribution in [0.3, 0.4) is 0 Å². The molecule has 0 saturated carbocycles. The standard InChI is InChI=1S/C24H24N4O4S2/c1-4-32-18-10-8-17(9-11-18)28-23(21-6-5-13-33-21)26-27-24(28)34-15-22(29)25-16-7-12-19(30-2)20(14-16)31-3/h5-14H,4,15H2,1-3H3,(H,25,29). The van der Waals surface area contributed by atoms with Crippen LogP contribution < -0.4 is 19.5 Å². The van der Waals surface area contributed by atoms with Gasteiger partial charge >= 0.3 is 0 Å². The molecule has 0 fully saturated rings. The van der Waals surface area contributed by atoms with Gasteiger partial charge in [0.25, 0.3) is 0 Å². The van der Waals surface area contributed by atoms with Gasteiger partial charge in [0, 0.05) is 11.8 Å². The number of benzene rings is 2. The molecule has 4 rings (SSSR count). The van der Waals surface area contributed by atoms with Crippen molar-refractivity contribution in [2.24, 2.45) is 0 Å². The molecule has 2 aromatic heterocycles. The maximum Gasteiger partial charge on any atom is 0.234 e. The third-order valence-electron chi connectivity index (χ3n) is 4.78. The SMILES string of the molecule is CCOc1ccc(-n2c(SCC(=O)Nc3ccc(OC)c(OC)c3)nnc2-c2cccs2)cc1. The van der Waals surface area contributed by atoms with Gasteiger partial charge in [-0.05, 0) is 54.8 Å². The Morgan fingerprint density at radius 3 is 2.53 bits per heavy atom. The highest BCUT2D eigenvalue weighted by Crippen LogP contribution is 2.32. The van der Waals surface area contributed by atoms with Gasteiger partial charge < -0.3 is 19.5 Å². The van der Waals surface area contributed by atoms with Crippen LogP contribution in [0.1, 0.15) is 6.92 Å². The van der Waals surface area contributed by atoms with Crippen LogP contribution in [0.25, 0.3) is 16.4 Å². The van der Waals surface area contributed by atoms with Crippen molar-refractivity contribution in [2.75, 3.05) is 31.9 Å². The number of amides is 1. The summed E-state index contributed by atoms with van der Waals surface area (Å²) in [5.74, 6) is 2.65.